The molecular formula is C63H136N9O4S+. The molecule has 2 N–H and O–H groups in total. The summed E-state index contributed by atoms with van der Waals surface area (Å²) in [6.45, 7) is 67.3. The zero-order valence-electron chi connectivity index (χ0n) is 55.2. The highest BCUT2D eigenvalue weighted by molar-refractivity contribution is 7.91. The Morgan fingerprint density at radius 1 is 0.390 bits per heavy atom. The van der Waals surface area contributed by atoms with E-state index in [-0.39, 0.29) is 10.2 Å². The Labute approximate surface area is 481 Å². The molecule has 0 amide bonds. The highest BCUT2D eigenvalue weighted by Crippen LogP contribution is 2.27. The number of likely N-dealkylation sites (tertiary alicyclic amines) is 5. The molecule has 462 valence electrons. The first-order valence-corrected chi connectivity index (χ1v) is 33.8. The molecule has 0 atom stereocenters. The Morgan fingerprint density at radius 3 is 0.935 bits per heavy atom. The molecule has 0 saturated carbocycles. The molecule has 8 heterocycles. The predicted molar refractivity (Wildman–Crippen MR) is 335 cm³/mol. The lowest BCUT2D eigenvalue weighted by Gasteiger charge is -2.43. The van der Waals surface area contributed by atoms with Crippen molar-refractivity contribution >= 4 is 9.84 Å². The highest BCUT2D eigenvalue weighted by atomic mass is 32.2. The van der Waals surface area contributed by atoms with Crippen molar-refractivity contribution in [2.24, 2.45) is 0 Å². The van der Waals surface area contributed by atoms with Gasteiger partial charge in [-0.3, -0.25) is 24.5 Å². The molecule has 8 aliphatic heterocycles. The molecule has 0 aromatic carbocycles. The number of sulfone groups is 1. The van der Waals surface area contributed by atoms with Crippen molar-refractivity contribution in [2.45, 2.75) is 268 Å². The van der Waals surface area contributed by atoms with Crippen molar-refractivity contribution in [3.05, 3.63) is 0 Å². The van der Waals surface area contributed by atoms with E-state index < -0.39 is 9.84 Å². The largest absolute Gasteiger partial charge is 0.379 e. The first-order chi connectivity index (χ1) is 35.7. The lowest BCUT2D eigenvalue weighted by Crippen LogP contribution is -2.60. The summed E-state index contributed by atoms with van der Waals surface area (Å²) in [5.41, 5.74) is 1.16. The van der Waals surface area contributed by atoms with Crippen LogP contribution in [0.15, 0.2) is 0 Å². The molecule has 0 aromatic heterocycles. The summed E-state index contributed by atoms with van der Waals surface area (Å²) in [5, 5.41) is 13.5. The minimum Gasteiger partial charge on any atom is -0.379 e. The van der Waals surface area contributed by atoms with Crippen LogP contribution in [-0.2, 0) is 14.6 Å². The Kier molecular flexibility index (Phi) is 36.4. The number of quaternary nitrogens is 1. The fraction of sp³-hybridized carbons (Fsp3) is 1.00. The fourth-order valence-corrected chi connectivity index (χ4v) is 12.0. The number of ether oxygens (including phenoxy) is 1. The van der Waals surface area contributed by atoms with Crippen LogP contribution in [0.2, 0.25) is 0 Å². The van der Waals surface area contributed by atoms with E-state index in [0.717, 1.165) is 64.6 Å². The first-order valence-electron chi connectivity index (χ1n) is 32.0. The molecule has 0 radical (unpaired) electrons. The van der Waals surface area contributed by atoms with Gasteiger partial charge in [0.25, 0.3) is 0 Å². The number of morpholine rings is 1. The molecule has 8 rings (SSSR count). The Balaban J connectivity index is 0.000000442. The van der Waals surface area contributed by atoms with E-state index in [1.54, 1.807) is 0 Å². The maximum Gasteiger partial charge on any atom is 0.152 e. The van der Waals surface area contributed by atoms with E-state index in [0.29, 0.717) is 53.3 Å². The number of nitrogens with one attached hydrogen (secondary N) is 1. The van der Waals surface area contributed by atoms with Crippen LogP contribution in [-0.4, -0.2) is 241 Å². The fourth-order valence-electron chi connectivity index (χ4n) is 10.8. The molecule has 0 aromatic rings. The predicted octanol–water partition coefficient (Wildman–Crippen LogP) is 11.2. The number of hydrogen-bond donors (Lipinski definition) is 2. The van der Waals surface area contributed by atoms with Gasteiger partial charge in [0.1, 0.15) is 18.6 Å². The minimum atomic E-state index is -2.69. The molecular weight excluding hydrogens is 979 g/mol. The van der Waals surface area contributed by atoms with Crippen LogP contribution in [0.5, 0.6) is 0 Å². The molecule has 0 unspecified atom stereocenters. The third kappa shape index (κ3) is 33.4. The maximum absolute atomic E-state index is 11.0. The summed E-state index contributed by atoms with van der Waals surface area (Å²) in [6, 6.07) is 2.73. The monoisotopic (exact) mass is 1120 g/mol. The number of piperidine rings is 2. The van der Waals surface area contributed by atoms with Crippen LogP contribution >= 0.6 is 0 Å². The van der Waals surface area contributed by atoms with Gasteiger partial charge in [-0.15, -0.1) is 0 Å². The molecule has 8 aliphatic rings. The van der Waals surface area contributed by atoms with Gasteiger partial charge in [0.2, 0.25) is 0 Å². The lowest BCUT2D eigenvalue weighted by molar-refractivity contribution is -1.14. The van der Waals surface area contributed by atoms with Gasteiger partial charge in [0.05, 0.1) is 24.7 Å². The topological polar surface area (TPSA) is 98.3 Å². The van der Waals surface area contributed by atoms with E-state index in [1.165, 1.54) is 149 Å². The van der Waals surface area contributed by atoms with Crippen LogP contribution < -0.4 is 5.32 Å². The molecule has 13 nitrogen and oxygen atoms in total. The van der Waals surface area contributed by atoms with Crippen LogP contribution in [0.4, 0.5) is 0 Å². The zero-order chi connectivity index (χ0) is 58.5. The second-order valence-corrected chi connectivity index (χ2v) is 30.9. The highest BCUT2D eigenvalue weighted by Gasteiger charge is 2.40. The number of nitrogens with zero attached hydrogens (tertiary/aromatic N) is 8. The van der Waals surface area contributed by atoms with Crippen molar-refractivity contribution in [2.75, 3.05) is 143 Å². The standard InChI is InChI=1S/C10H21N.C9H20NO.C9H19N.C8H18N2.C7H15NO2S.C7H15NO.C7H15N.C6H13N/c1-10(2,3)11-8-6-4-5-7-9-11;1-9(2,3)10(11)7-5-4-6-8-10;1-9(2,3)10-7-5-4-6-8-10;1-8(2,3)10-6-4-9-5-7-10;1-7(2)8-3-5-11(9,10)6-4-8;1-7(2)8-3-5-9-6-4-8;1-7(2)8-5-3-4-6-8;1-6(2)7-4-3-5-7/h4-9H2,1-3H3;11H,4-8H2,1-3H3;4-8H2,1-3H3;9H,4-7H2,1-3H3;7H,3-6H2,1-2H3;7H,3-6H2,1-2H3;7H,3-6H2,1-2H3;6H,3-5H2,1-2H3/q;+1;;;;;;. The Morgan fingerprint density at radius 2 is 0.675 bits per heavy atom. The molecule has 8 fully saturated rings. The van der Waals surface area contributed by atoms with Gasteiger partial charge < -0.3 is 19.9 Å². The minimum absolute atomic E-state index is 0.000417. The Bertz CT molecular complexity index is 1490. The van der Waals surface area contributed by atoms with E-state index >= 15 is 0 Å². The number of rotatable bonds is 4. The number of hydroxylamine groups is 3. The van der Waals surface area contributed by atoms with Crippen molar-refractivity contribution in [1.29, 1.82) is 0 Å². The Hall–Kier alpha value is -0.490. The molecule has 8 saturated heterocycles. The second kappa shape index (κ2) is 37.7. The van der Waals surface area contributed by atoms with E-state index in [9.17, 15) is 13.6 Å². The second-order valence-electron chi connectivity index (χ2n) is 28.6. The number of hydrogen-bond acceptors (Lipinski definition) is 12. The van der Waals surface area contributed by atoms with Crippen LogP contribution in [0.3, 0.4) is 0 Å². The first kappa shape index (κ1) is 74.5. The van der Waals surface area contributed by atoms with Gasteiger partial charge in [-0.2, -0.15) is 4.65 Å². The maximum atomic E-state index is 11.0. The van der Waals surface area contributed by atoms with Gasteiger partial charge >= 0.3 is 0 Å². The third-order valence-corrected chi connectivity index (χ3v) is 18.7. The quantitative estimate of drug-likeness (QED) is 0.262. The summed E-state index contributed by atoms with van der Waals surface area (Å²) >= 11 is 0. The van der Waals surface area contributed by atoms with Crippen molar-refractivity contribution in [3.8, 4) is 0 Å². The zero-order valence-corrected chi connectivity index (χ0v) is 56.0. The number of piperazine rings is 1. The van der Waals surface area contributed by atoms with Crippen LogP contribution in [0, 0.1) is 0 Å². The average molecular weight is 1120 g/mol. The summed E-state index contributed by atoms with van der Waals surface area (Å²) < 4.78 is 27.5. The lowest BCUT2D eigenvalue weighted by atomic mass is 10.00. The SMILES string of the molecule is CC(C)(C)N1CCCCC1.CC(C)(C)N1CCCCCC1.CC(C)(C)N1CCNCC1.CC(C)(C)[N+]1(O)CCCCC1.CC(C)N1CCC1.CC(C)N1CCCC1.CC(C)N1CCOCC1.CC(C)N1CCS(=O)(=O)CC1. The van der Waals surface area contributed by atoms with E-state index in [4.69, 9.17) is 4.74 Å². The van der Waals surface area contributed by atoms with Gasteiger partial charge in [-0.05, 0) is 255 Å². The summed E-state index contributed by atoms with van der Waals surface area (Å²) in [4.78, 5) is 17.3. The molecule has 0 bridgehead atoms. The smallest absolute Gasteiger partial charge is 0.152 e. The van der Waals surface area contributed by atoms with E-state index in [1.807, 2.05) is 0 Å². The van der Waals surface area contributed by atoms with Crippen molar-refractivity contribution in [1.82, 2.24) is 39.6 Å². The van der Waals surface area contributed by atoms with Gasteiger partial charge in [0, 0.05) is 93.1 Å². The molecule has 14 heteroatoms. The van der Waals surface area contributed by atoms with E-state index in [2.05, 4.69) is 178 Å². The summed E-state index contributed by atoms with van der Waals surface area (Å²) in [6.07, 6.45) is 17.8. The van der Waals surface area contributed by atoms with Gasteiger partial charge in [-0.25, -0.2) is 13.6 Å². The van der Waals surface area contributed by atoms with Crippen molar-refractivity contribution in [3.63, 3.8) is 0 Å². The van der Waals surface area contributed by atoms with Gasteiger partial charge in [-0.1, -0.05) is 19.3 Å². The van der Waals surface area contributed by atoms with Gasteiger partial charge in [0.15, 0.2) is 9.84 Å². The normalized spacial score (nSPS) is 23.7. The molecule has 0 spiro atoms. The average Bonchev–Trinajstić information content (AvgIpc) is 3.75. The third-order valence-electron chi connectivity index (χ3n) is 17.1. The summed E-state index contributed by atoms with van der Waals surface area (Å²) in [5.74, 6) is 0.677. The summed E-state index contributed by atoms with van der Waals surface area (Å²) in [7, 11) is -2.69. The van der Waals surface area contributed by atoms with Crippen LogP contribution in [0.1, 0.15) is 222 Å². The van der Waals surface area contributed by atoms with Crippen molar-refractivity contribution < 1.29 is 23.0 Å². The van der Waals surface area contributed by atoms with Crippen LogP contribution in [0.25, 0.3) is 0 Å². The molecule has 77 heavy (non-hydrogen) atoms. The molecule has 0 aliphatic carbocycles.